The molecule has 2 atom stereocenters. The van der Waals surface area contributed by atoms with E-state index in [2.05, 4.69) is 19.9 Å². The third-order valence-corrected chi connectivity index (χ3v) is 4.88. The molecule has 2 aromatic heterocycles. The molecule has 0 amide bonds. The summed E-state index contributed by atoms with van der Waals surface area (Å²) in [5.74, 6) is 0.625. The van der Waals surface area contributed by atoms with Crippen LogP contribution in [0.3, 0.4) is 0 Å². The van der Waals surface area contributed by atoms with Gasteiger partial charge in [-0.15, -0.1) is 0 Å². The van der Waals surface area contributed by atoms with Gasteiger partial charge in [0.15, 0.2) is 0 Å². The van der Waals surface area contributed by atoms with E-state index in [9.17, 15) is 13.2 Å². The number of pyridine rings is 1. The number of ether oxygens (including phenoxy) is 1. The van der Waals surface area contributed by atoms with Crippen LogP contribution in [0.1, 0.15) is 25.2 Å². The van der Waals surface area contributed by atoms with Crippen molar-refractivity contribution in [2.45, 2.75) is 38.8 Å². The van der Waals surface area contributed by atoms with Crippen LogP contribution in [0.2, 0.25) is 0 Å². The van der Waals surface area contributed by atoms with E-state index in [0.717, 1.165) is 19.2 Å². The molecule has 1 fully saturated rings. The Kier molecular flexibility index (Phi) is 5.23. The lowest BCUT2D eigenvalue weighted by molar-refractivity contribution is -0.137. The number of rotatable bonds is 3. The van der Waals surface area contributed by atoms with E-state index in [-0.39, 0.29) is 23.5 Å². The Balaban J connectivity index is 1.66. The molecular formula is C21H21F3N4O. The molecule has 3 heterocycles. The molecule has 4 rings (SSSR count). The minimum Gasteiger partial charge on any atom is -0.373 e. The number of aromatic nitrogens is 3. The number of hydrogen-bond acceptors (Lipinski definition) is 5. The van der Waals surface area contributed by atoms with E-state index in [1.54, 1.807) is 18.3 Å². The first-order valence-corrected chi connectivity index (χ1v) is 9.45. The number of morpholine rings is 1. The number of nitrogens with zero attached hydrogens (tertiary/aromatic N) is 4. The summed E-state index contributed by atoms with van der Waals surface area (Å²) in [6.07, 6.45) is -1.01. The predicted molar refractivity (Wildman–Crippen MR) is 103 cm³/mol. The quantitative estimate of drug-likeness (QED) is 0.653. The van der Waals surface area contributed by atoms with Gasteiger partial charge in [-0.2, -0.15) is 13.2 Å². The predicted octanol–water partition coefficient (Wildman–Crippen LogP) is 4.32. The van der Waals surface area contributed by atoms with Gasteiger partial charge in [0.25, 0.3) is 0 Å². The monoisotopic (exact) mass is 402 g/mol. The highest BCUT2D eigenvalue weighted by Crippen LogP contribution is 2.36. The van der Waals surface area contributed by atoms with Crippen molar-refractivity contribution >= 4 is 10.9 Å². The maximum Gasteiger partial charge on any atom is 0.417 e. The fraction of sp³-hybridized carbons (Fsp3) is 0.381. The Morgan fingerprint density at radius 2 is 1.76 bits per heavy atom. The molecule has 3 aromatic rings. The van der Waals surface area contributed by atoms with Crippen molar-refractivity contribution in [3.8, 4) is 11.3 Å². The molecule has 0 radical (unpaired) electrons. The van der Waals surface area contributed by atoms with E-state index >= 15 is 0 Å². The minimum atomic E-state index is -4.45. The number of hydrogen-bond donors (Lipinski definition) is 0. The van der Waals surface area contributed by atoms with Crippen LogP contribution in [-0.4, -0.2) is 45.1 Å². The molecule has 152 valence electrons. The fourth-order valence-corrected chi connectivity index (χ4v) is 3.75. The third kappa shape index (κ3) is 4.38. The van der Waals surface area contributed by atoms with Crippen LogP contribution in [0.15, 0.2) is 42.7 Å². The average Bonchev–Trinajstić information content (AvgIpc) is 2.66. The highest BCUT2D eigenvalue weighted by atomic mass is 19.4. The zero-order valence-electron chi connectivity index (χ0n) is 16.1. The van der Waals surface area contributed by atoms with Gasteiger partial charge in [-0.3, -0.25) is 9.88 Å². The Labute approximate surface area is 166 Å². The molecule has 29 heavy (non-hydrogen) atoms. The van der Waals surface area contributed by atoms with E-state index < -0.39 is 11.7 Å². The summed E-state index contributed by atoms with van der Waals surface area (Å²) in [4.78, 5) is 15.4. The minimum absolute atomic E-state index is 0.0397. The van der Waals surface area contributed by atoms with Crippen molar-refractivity contribution < 1.29 is 17.9 Å². The molecule has 1 aliphatic heterocycles. The van der Waals surface area contributed by atoms with Crippen LogP contribution in [0.4, 0.5) is 13.2 Å². The van der Waals surface area contributed by atoms with E-state index in [0.29, 0.717) is 23.3 Å². The van der Waals surface area contributed by atoms with Gasteiger partial charge in [-0.25, -0.2) is 9.97 Å². The lowest BCUT2D eigenvalue weighted by Gasteiger charge is -2.34. The van der Waals surface area contributed by atoms with Gasteiger partial charge in [-0.05, 0) is 26.0 Å². The van der Waals surface area contributed by atoms with Crippen molar-refractivity contribution in [2.75, 3.05) is 13.1 Å². The van der Waals surface area contributed by atoms with Crippen LogP contribution in [0.5, 0.6) is 0 Å². The smallest absolute Gasteiger partial charge is 0.373 e. The van der Waals surface area contributed by atoms with Crippen LogP contribution in [-0.2, 0) is 17.5 Å². The summed E-state index contributed by atoms with van der Waals surface area (Å²) in [6, 6.07) is 7.03. The van der Waals surface area contributed by atoms with Gasteiger partial charge in [0, 0.05) is 36.4 Å². The molecule has 1 saturated heterocycles. The van der Waals surface area contributed by atoms with Crippen molar-refractivity contribution in [1.82, 2.24) is 19.9 Å². The number of alkyl halides is 3. The largest absolute Gasteiger partial charge is 0.417 e. The standard InChI is InChI=1S/C21H21F3N4O/c1-13-10-28(11-14(2)29-13)12-20-26-9-15-8-25-19(7-18(15)27-20)16-5-3-4-6-17(16)21(22,23)24/h3-9,13-14H,10-12H2,1-2H3. The fourth-order valence-electron chi connectivity index (χ4n) is 3.75. The zero-order chi connectivity index (χ0) is 20.6. The topological polar surface area (TPSA) is 51.1 Å². The van der Waals surface area contributed by atoms with Crippen LogP contribution in [0.25, 0.3) is 22.2 Å². The van der Waals surface area contributed by atoms with Crippen LogP contribution < -0.4 is 0 Å². The molecule has 1 aliphatic rings. The first kappa shape index (κ1) is 19.7. The van der Waals surface area contributed by atoms with E-state index in [1.807, 2.05) is 13.8 Å². The molecule has 0 N–H and O–H groups in total. The molecule has 2 unspecified atom stereocenters. The molecule has 1 aromatic carbocycles. The number of fused-ring (bicyclic) bond motifs is 1. The first-order valence-electron chi connectivity index (χ1n) is 9.45. The summed E-state index contributed by atoms with van der Waals surface area (Å²) in [5.41, 5.74) is 0.144. The molecule has 0 saturated carbocycles. The molecule has 0 bridgehead atoms. The first-order chi connectivity index (χ1) is 13.8. The van der Waals surface area contributed by atoms with Gasteiger partial charge in [0.1, 0.15) is 5.82 Å². The molecule has 0 spiro atoms. The van der Waals surface area contributed by atoms with Gasteiger partial charge in [-0.1, -0.05) is 18.2 Å². The molecule has 5 nitrogen and oxygen atoms in total. The van der Waals surface area contributed by atoms with Gasteiger partial charge >= 0.3 is 6.18 Å². The maximum atomic E-state index is 13.4. The Morgan fingerprint density at radius 3 is 2.48 bits per heavy atom. The Bertz CT molecular complexity index is 1010. The van der Waals surface area contributed by atoms with Crippen LogP contribution >= 0.6 is 0 Å². The summed E-state index contributed by atoms with van der Waals surface area (Å²) in [7, 11) is 0. The molecular weight excluding hydrogens is 381 g/mol. The van der Waals surface area contributed by atoms with Gasteiger partial charge < -0.3 is 4.74 Å². The van der Waals surface area contributed by atoms with Gasteiger partial charge in [0.2, 0.25) is 0 Å². The van der Waals surface area contributed by atoms with Crippen molar-refractivity contribution in [2.24, 2.45) is 0 Å². The average molecular weight is 402 g/mol. The lowest BCUT2D eigenvalue weighted by atomic mass is 10.0. The lowest BCUT2D eigenvalue weighted by Crippen LogP contribution is -2.45. The van der Waals surface area contributed by atoms with Crippen LogP contribution in [0, 0.1) is 0 Å². The normalized spacial score (nSPS) is 20.9. The van der Waals surface area contributed by atoms with E-state index in [1.165, 1.54) is 18.3 Å². The van der Waals surface area contributed by atoms with Gasteiger partial charge in [0.05, 0.1) is 35.5 Å². The summed E-state index contributed by atoms with van der Waals surface area (Å²) in [5, 5.41) is 0.686. The number of halogens is 3. The highest BCUT2D eigenvalue weighted by molar-refractivity contribution is 5.81. The second-order valence-corrected chi connectivity index (χ2v) is 7.41. The van der Waals surface area contributed by atoms with Crippen molar-refractivity contribution in [3.63, 3.8) is 0 Å². The van der Waals surface area contributed by atoms with Crippen molar-refractivity contribution in [1.29, 1.82) is 0 Å². The molecule has 8 heteroatoms. The van der Waals surface area contributed by atoms with Crippen molar-refractivity contribution in [3.05, 3.63) is 54.1 Å². The maximum absolute atomic E-state index is 13.4. The SMILES string of the molecule is CC1CN(Cc2ncc3cnc(-c4ccccc4C(F)(F)F)cc3n2)CC(C)O1. The zero-order valence-corrected chi connectivity index (χ0v) is 16.1. The summed E-state index contributed by atoms with van der Waals surface area (Å²) >= 11 is 0. The summed E-state index contributed by atoms with van der Waals surface area (Å²) in [6.45, 7) is 6.18. The second-order valence-electron chi connectivity index (χ2n) is 7.41. The third-order valence-electron chi connectivity index (χ3n) is 4.88. The Morgan fingerprint density at radius 1 is 1.07 bits per heavy atom. The van der Waals surface area contributed by atoms with E-state index in [4.69, 9.17) is 4.74 Å². The highest BCUT2D eigenvalue weighted by Gasteiger charge is 2.33. The second kappa shape index (κ2) is 7.68. The summed E-state index contributed by atoms with van der Waals surface area (Å²) < 4.78 is 45.8. The Hall–Kier alpha value is -2.58. The number of benzene rings is 1. The molecule has 0 aliphatic carbocycles.